The minimum Gasteiger partial charge on any atom is -0.314 e. The summed E-state index contributed by atoms with van der Waals surface area (Å²) in [7, 11) is 0. The highest BCUT2D eigenvalue weighted by Crippen LogP contribution is 2.09. The van der Waals surface area contributed by atoms with E-state index in [1.54, 1.807) is 0 Å². The fourth-order valence-corrected chi connectivity index (χ4v) is 1.43. The van der Waals surface area contributed by atoms with E-state index in [9.17, 15) is 0 Å². The second-order valence-corrected chi connectivity index (χ2v) is 3.23. The van der Waals surface area contributed by atoms with Gasteiger partial charge < -0.3 is 5.32 Å². The highest BCUT2D eigenvalue weighted by Gasteiger charge is 2.04. The Kier molecular flexibility index (Phi) is 7.71. The van der Waals surface area contributed by atoms with Crippen molar-refractivity contribution in [1.82, 2.24) is 5.32 Å². The van der Waals surface area contributed by atoms with E-state index < -0.39 is 0 Å². The van der Waals surface area contributed by atoms with Crippen LogP contribution in [0.4, 0.5) is 0 Å². The highest BCUT2D eigenvalue weighted by atomic mass is 14.9. The zero-order valence-electron chi connectivity index (χ0n) is 9.43. The van der Waals surface area contributed by atoms with Crippen molar-refractivity contribution in [1.29, 1.82) is 0 Å². The Bertz CT molecular complexity index is 168. The third kappa shape index (κ3) is 5.64. The molecule has 0 bridgehead atoms. The molecular weight excluding hydrogens is 158 g/mol. The largest absolute Gasteiger partial charge is 0.314 e. The summed E-state index contributed by atoms with van der Waals surface area (Å²) in [5.41, 5.74) is 1.43. The Morgan fingerprint density at radius 3 is 2.38 bits per heavy atom. The van der Waals surface area contributed by atoms with E-state index >= 15 is 0 Å². The third-order valence-electron chi connectivity index (χ3n) is 2.22. The van der Waals surface area contributed by atoms with Crippen LogP contribution in [-0.2, 0) is 0 Å². The smallest absolute Gasteiger partial charge is 0.0105 e. The molecule has 0 fully saturated rings. The van der Waals surface area contributed by atoms with Crippen LogP contribution >= 0.6 is 0 Å². The number of hydrogen-bond donors (Lipinski definition) is 1. The summed E-state index contributed by atoms with van der Waals surface area (Å²) >= 11 is 0. The van der Waals surface area contributed by atoms with E-state index in [2.05, 4.69) is 51.2 Å². The SMILES string of the molecule is C/C=C\C(=C/C)CC(CC)NCC. The molecule has 1 atom stereocenters. The normalized spacial score (nSPS) is 15.2. The maximum absolute atomic E-state index is 3.48. The van der Waals surface area contributed by atoms with Crippen molar-refractivity contribution in [2.24, 2.45) is 0 Å². The number of rotatable bonds is 6. The van der Waals surface area contributed by atoms with E-state index in [4.69, 9.17) is 0 Å². The monoisotopic (exact) mass is 181 g/mol. The van der Waals surface area contributed by atoms with Gasteiger partial charge in [0.2, 0.25) is 0 Å². The van der Waals surface area contributed by atoms with Gasteiger partial charge in [0.1, 0.15) is 0 Å². The lowest BCUT2D eigenvalue weighted by Gasteiger charge is -2.15. The van der Waals surface area contributed by atoms with E-state index in [1.807, 2.05) is 0 Å². The first-order chi connectivity index (χ1) is 6.28. The zero-order chi connectivity index (χ0) is 10.1. The van der Waals surface area contributed by atoms with E-state index in [0.717, 1.165) is 13.0 Å². The van der Waals surface area contributed by atoms with Gasteiger partial charge in [-0.1, -0.05) is 37.6 Å². The molecule has 13 heavy (non-hydrogen) atoms. The van der Waals surface area contributed by atoms with Crippen LogP contribution in [0.25, 0.3) is 0 Å². The van der Waals surface area contributed by atoms with Crippen LogP contribution in [0.1, 0.15) is 40.5 Å². The molecule has 1 unspecified atom stereocenters. The Hall–Kier alpha value is -0.560. The van der Waals surface area contributed by atoms with Crippen LogP contribution < -0.4 is 5.32 Å². The molecule has 0 heterocycles. The second kappa shape index (κ2) is 8.06. The summed E-state index contributed by atoms with van der Waals surface area (Å²) in [5, 5.41) is 3.48. The lowest BCUT2D eigenvalue weighted by Crippen LogP contribution is -2.28. The minimum atomic E-state index is 0.632. The molecule has 0 saturated heterocycles. The summed E-state index contributed by atoms with van der Waals surface area (Å²) in [6.45, 7) is 9.63. The van der Waals surface area contributed by atoms with Gasteiger partial charge in [0.15, 0.2) is 0 Å². The van der Waals surface area contributed by atoms with Crippen LogP contribution in [0.15, 0.2) is 23.8 Å². The molecule has 0 rings (SSSR count). The molecule has 0 aliphatic heterocycles. The molecule has 0 radical (unpaired) electrons. The van der Waals surface area contributed by atoms with E-state index in [1.165, 1.54) is 12.0 Å². The second-order valence-electron chi connectivity index (χ2n) is 3.23. The van der Waals surface area contributed by atoms with Gasteiger partial charge in [-0.25, -0.2) is 0 Å². The van der Waals surface area contributed by atoms with Crippen molar-refractivity contribution < 1.29 is 0 Å². The zero-order valence-corrected chi connectivity index (χ0v) is 9.43. The molecule has 1 nitrogen and oxygen atoms in total. The van der Waals surface area contributed by atoms with Crippen LogP contribution in [0, 0.1) is 0 Å². The van der Waals surface area contributed by atoms with Crippen LogP contribution in [0.2, 0.25) is 0 Å². The van der Waals surface area contributed by atoms with Gasteiger partial charge in [0.05, 0.1) is 0 Å². The van der Waals surface area contributed by atoms with Gasteiger partial charge in [-0.15, -0.1) is 0 Å². The first-order valence-electron chi connectivity index (χ1n) is 5.29. The molecule has 76 valence electrons. The highest BCUT2D eigenvalue weighted by molar-refractivity contribution is 5.18. The van der Waals surface area contributed by atoms with Crippen LogP contribution in [0.3, 0.4) is 0 Å². The van der Waals surface area contributed by atoms with E-state index in [-0.39, 0.29) is 0 Å². The first kappa shape index (κ1) is 12.4. The molecule has 0 aliphatic carbocycles. The Labute approximate surface area is 82.9 Å². The fraction of sp³-hybridized carbons (Fsp3) is 0.667. The molecule has 0 aromatic heterocycles. The van der Waals surface area contributed by atoms with Crippen LogP contribution in [-0.4, -0.2) is 12.6 Å². The quantitative estimate of drug-likeness (QED) is 0.620. The Balaban J connectivity index is 4.03. The summed E-state index contributed by atoms with van der Waals surface area (Å²) in [6, 6.07) is 0.632. The van der Waals surface area contributed by atoms with Crippen LogP contribution in [0.5, 0.6) is 0 Å². The fourth-order valence-electron chi connectivity index (χ4n) is 1.43. The summed E-state index contributed by atoms with van der Waals surface area (Å²) in [6.07, 6.45) is 8.84. The van der Waals surface area contributed by atoms with Crippen molar-refractivity contribution in [3.63, 3.8) is 0 Å². The predicted molar refractivity (Wildman–Crippen MR) is 60.9 cm³/mol. The van der Waals surface area contributed by atoms with Crippen molar-refractivity contribution in [2.75, 3.05) is 6.54 Å². The maximum Gasteiger partial charge on any atom is 0.0105 e. The van der Waals surface area contributed by atoms with E-state index in [0.29, 0.717) is 6.04 Å². The third-order valence-corrected chi connectivity index (χ3v) is 2.22. The van der Waals surface area contributed by atoms with Crippen molar-refractivity contribution >= 4 is 0 Å². The minimum absolute atomic E-state index is 0.632. The molecule has 0 aromatic carbocycles. The Morgan fingerprint density at radius 2 is 2.00 bits per heavy atom. The van der Waals surface area contributed by atoms with Crippen molar-refractivity contribution in [3.8, 4) is 0 Å². The van der Waals surface area contributed by atoms with Gasteiger partial charge >= 0.3 is 0 Å². The van der Waals surface area contributed by atoms with Gasteiger partial charge in [0.25, 0.3) is 0 Å². The number of nitrogens with one attached hydrogen (secondary N) is 1. The molecule has 0 aromatic rings. The molecular formula is C12H23N. The first-order valence-corrected chi connectivity index (χ1v) is 5.29. The van der Waals surface area contributed by atoms with Crippen molar-refractivity contribution in [2.45, 2.75) is 46.6 Å². The molecule has 0 spiro atoms. The van der Waals surface area contributed by atoms with Gasteiger partial charge in [-0.2, -0.15) is 0 Å². The van der Waals surface area contributed by atoms with Crippen molar-refractivity contribution in [3.05, 3.63) is 23.8 Å². The average Bonchev–Trinajstić information content (AvgIpc) is 2.16. The topological polar surface area (TPSA) is 12.0 Å². The summed E-state index contributed by atoms with van der Waals surface area (Å²) < 4.78 is 0. The standard InChI is InChI=1S/C12H23N/c1-5-9-11(6-2)10-12(7-3)13-8-4/h5-6,9,12-13H,7-8,10H2,1-4H3/b9-5-,11-6+. The number of allylic oxidation sites excluding steroid dienone is 3. The molecule has 1 heteroatoms. The van der Waals surface area contributed by atoms with Gasteiger partial charge in [-0.05, 0) is 33.2 Å². The average molecular weight is 181 g/mol. The molecule has 0 saturated carbocycles. The lowest BCUT2D eigenvalue weighted by atomic mass is 10.0. The summed E-state index contributed by atoms with van der Waals surface area (Å²) in [5.74, 6) is 0. The molecule has 0 aliphatic rings. The lowest BCUT2D eigenvalue weighted by molar-refractivity contribution is 0.511. The Morgan fingerprint density at radius 1 is 1.31 bits per heavy atom. The maximum atomic E-state index is 3.48. The molecule has 0 amide bonds. The predicted octanol–water partition coefficient (Wildman–Crippen LogP) is 3.29. The summed E-state index contributed by atoms with van der Waals surface area (Å²) in [4.78, 5) is 0. The number of hydrogen-bond acceptors (Lipinski definition) is 1. The van der Waals surface area contributed by atoms with Gasteiger partial charge in [0, 0.05) is 6.04 Å². The molecule has 1 N–H and O–H groups in total. The van der Waals surface area contributed by atoms with Gasteiger partial charge in [-0.3, -0.25) is 0 Å².